The second kappa shape index (κ2) is 8.31. The third kappa shape index (κ3) is 4.34. The van der Waals surface area contributed by atoms with Crippen molar-refractivity contribution in [1.29, 1.82) is 0 Å². The van der Waals surface area contributed by atoms with E-state index >= 15 is 0 Å². The molecule has 8 heteroatoms. The molecule has 0 aromatic heterocycles. The number of phenols is 1. The van der Waals surface area contributed by atoms with E-state index in [-0.39, 0.29) is 36.8 Å². The lowest BCUT2D eigenvalue weighted by molar-refractivity contribution is -0.386. The van der Waals surface area contributed by atoms with E-state index in [0.717, 1.165) is 0 Å². The highest BCUT2D eigenvalue weighted by molar-refractivity contribution is 5.65. The van der Waals surface area contributed by atoms with Gasteiger partial charge in [0.15, 0.2) is 5.75 Å². The smallest absolute Gasteiger partial charge is 0.278 e. The van der Waals surface area contributed by atoms with Crippen molar-refractivity contribution < 1.29 is 19.9 Å². The number of aliphatic hydroxyl groups is 1. The van der Waals surface area contributed by atoms with Gasteiger partial charge in [0.25, 0.3) is 5.69 Å². The molecule has 0 fully saturated rings. The third-order valence-corrected chi connectivity index (χ3v) is 2.61. The van der Waals surface area contributed by atoms with Gasteiger partial charge in [-0.2, -0.15) is 0 Å². The number of phenolic OH excluding ortho intramolecular Hbond substituents is 1. The van der Waals surface area contributed by atoms with E-state index in [1.807, 2.05) is 0 Å². The number of nitrogens with one attached hydrogen (secondary N) is 1. The van der Waals surface area contributed by atoms with Crippen molar-refractivity contribution in [3.8, 4) is 5.75 Å². The van der Waals surface area contributed by atoms with Gasteiger partial charge in [0, 0.05) is 25.8 Å². The topological polar surface area (TPSA) is 131 Å². The number of nitrogens with two attached hydrogens (primary N) is 1. The zero-order valence-corrected chi connectivity index (χ0v) is 11.0. The molecule has 5 N–H and O–H groups in total. The summed E-state index contributed by atoms with van der Waals surface area (Å²) < 4.78 is 5.16. The predicted octanol–water partition coefficient (Wildman–Crippen LogP) is 0.570. The summed E-state index contributed by atoms with van der Waals surface area (Å²) in [5.74, 6) is -0.214. The van der Waals surface area contributed by atoms with E-state index in [9.17, 15) is 15.2 Å². The van der Waals surface area contributed by atoms with Crippen molar-refractivity contribution in [2.24, 2.45) is 5.73 Å². The number of ether oxygens (including phenoxy) is 1. The minimum atomic E-state index is -0.571. The SMILES string of the molecule is NCCOCc1c([N+](=O)[O-])ccc(NCCCO)c1O. The van der Waals surface area contributed by atoms with Gasteiger partial charge in [-0.15, -0.1) is 0 Å². The quantitative estimate of drug-likeness (QED) is 0.226. The molecule has 112 valence electrons. The molecule has 8 nitrogen and oxygen atoms in total. The van der Waals surface area contributed by atoms with Crippen molar-refractivity contribution in [3.05, 3.63) is 27.8 Å². The van der Waals surface area contributed by atoms with Gasteiger partial charge >= 0.3 is 0 Å². The molecular formula is C12H19N3O5. The molecule has 0 saturated carbocycles. The van der Waals surface area contributed by atoms with Crippen LogP contribution in [0.4, 0.5) is 11.4 Å². The summed E-state index contributed by atoms with van der Waals surface area (Å²) in [6.07, 6.45) is 0.509. The Labute approximate surface area is 116 Å². The molecule has 1 aromatic carbocycles. The first-order valence-corrected chi connectivity index (χ1v) is 6.23. The van der Waals surface area contributed by atoms with Crippen LogP contribution in [0.1, 0.15) is 12.0 Å². The van der Waals surface area contributed by atoms with E-state index in [2.05, 4.69) is 5.32 Å². The molecule has 0 radical (unpaired) electrons. The second-order valence-electron chi connectivity index (χ2n) is 4.06. The van der Waals surface area contributed by atoms with Crippen molar-refractivity contribution in [3.63, 3.8) is 0 Å². The van der Waals surface area contributed by atoms with Gasteiger partial charge in [0.2, 0.25) is 0 Å². The number of nitro benzene ring substituents is 1. The molecule has 0 aliphatic carbocycles. The van der Waals surface area contributed by atoms with Crippen molar-refractivity contribution in [2.45, 2.75) is 13.0 Å². The molecule has 0 bridgehead atoms. The Morgan fingerprint density at radius 3 is 2.80 bits per heavy atom. The van der Waals surface area contributed by atoms with Crippen LogP contribution in [0.15, 0.2) is 12.1 Å². The molecular weight excluding hydrogens is 266 g/mol. The monoisotopic (exact) mass is 285 g/mol. The zero-order chi connectivity index (χ0) is 15.0. The number of aliphatic hydroxyl groups excluding tert-OH is 1. The first kappa shape index (κ1) is 16.2. The Morgan fingerprint density at radius 1 is 1.45 bits per heavy atom. The van der Waals surface area contributed by atoms with Crippen LogP contribution < -0.4 is 11.1 Å². The van der Waals surface area contributed by atoms with Crippen molar-refractivity contribution >= 4 is 11.4 Å². The minimum Gasteiger partial charge on any atom is -0.505 e. The standard InChI is InChI=1S/C12H19N3O5/c13-4-7-20-8-9-11(15(18)19)3-2-10(12(9)17)14-5-1-6-16/h2-3,14,16-17H,1,4-8,13H2. The fourth-order valence-corrected chi connectivity index (χ4v) is 1.64. The van der Waals surface area contributed by atoms with Gasteiger partial charge in [0.1, 0.15) is 0 Å². The first-order chi connectivity index (χ1) is 9.61. The molecule has 0 atom stereocenters. The van der Waals surface area contributed by atoms with Gasteiger partial charge in [0.05, 0.1) is 29.4 Å². The highest BCUT2D eigenvalue weighted by Gasteiger charge is 2.20. The number of hydrogen-bond donors (Lipinski definition) is 4. The third-order valence-electron chi connectivity index (χ3n) is 2.61. The fraction of sp³-hybridized carbons (Fsp3) is 0.500. The normalized spacial score (nSPS) is 10.5. The van der Waals surface area contributed by atoms with Crippen LogP contribution >= 0.6 is 0 Å². The van der Waals surface area contributed by atoms with E-state index in [0.29, 0.717) is 25.2 Å². The lowest BCUT2D eigenvalue weighted by Gasteiger charge is -2.12. The maximum Gasteiger partial charge on any atom is 0.278 e. The van der Waals surface area contributed by atoms with E-state index in [1.165, 1.54) is 12.1 Å². The molecule has 0 heterocycles. The average molecular weight is 285 g/mol. The summed E-state index contributed by atoms with van der Waals surface area (Å²) in [4.78, 5) is 10.4. The average Bonchev–Trinajstić information content (AvgIpc) is 2.42. The summed E-state index contributed by atoms with van der Waals surface area (Å²) in [5.41, 5.74) is 5.56. The number of anilines is 1. The molecule has 0 spiro atoms. The highest BCUT2D eigenvalue weighted by atomic mass is 16.6. The van der Waals surface area contributed by atoms with Gasteiger partial charge in [-0.05, 0) is 12.5 Å². The van der Waals surface area contributed by atoms with E-state index < -0.39 is 4.92 Å². The molecule has 0 unspecified atom stereocenters. The molecule has 0 aliphatic heterocycles. The number of aromatic hydroxyl groups is 1. The predicted molar refractivity (Wildman–Crippen MR) is 73.7 cm³/mol. The van der Waals surface area contributed by atoms with Gasteiger partial charge in [-0.1, -0.05) is 0 Å². The summed E-state index contributed by atoms with van der Waals surface area (Å²) >= 11 is 0. The number of nitrogens with zero attached hydrogens (tertiary/aromatic N) is 1. The van der Waals surface area contributed by atoms with Crippen LogP contribution in [0.3, 0.4) is 0 Å². The van der Waals surface area contributed by atoms with Crippen LogP contribution in [0.5, 0.6) is 5.75 Å². The summed E-state index contributed by atoms with van der Waals surface area (Å²) in [6.45, 7) is 0.925. The Kier molecular flexibility index (Phi) is 6.71. The Balaban J connectivity index is 2.94. The summed E-state index contributed by atoms with van der Waals surface area (Å²) in [5, 5.41) is 32.6. The van der Waals surface area contributed by atoms with Gasteiger partial charge in [-0.25, -0.2) is 0 Å². The Hall–Kier alpha value is -1.90. The summed E-state index contributed by atoms with van der Waals surface area (Å²) in [6, 6.07) is 2.74. The van der Waals surface area contributed by atoms with Crippen LogP contribution in [-0.2, 0) is 11.3 Å². The van der Waals surface area contributed by atoms with Crippen LogP contribution in [-0.4, -0.2) is 41.4 Å². The molecule has 1 aromatic rings. The number of nitro groups is 1. The van der Waals surface area contributed by atoms with Crippen LogP contribution in [0.2, 0.25) is 0 Å². The Morgan fingerprint density at radius 2 is 2.20 bits per heavy atom. The zero-order valence-electron chi connectivity index (χ0n) is 11.0. The number of hydrogen-bond acceptors (Lipinski definition) is 7. The maximum atomic E-state index is 10.9. The largest absolute Gasteiger partial charge is 0.505 e. The number of rotatable bonds is 9. The fourth-order valence-electron chi connectivity index (χ4n) is 1.64. The number of benzene rings is 1. The molecule has 0 aliphatic rings. The maximum absolute atomic E-state index is 10.9. The van der Waals surface area contributed by atoms with E-state index in [1.54, 1.807) is 0 Å². The summed E-state index contributed by atoms with van der Waals surface area (Å²) in [7, 11) is 0. The van der Waals surface area contributed by atoms with E-state index in [4.69, 9.17) is 15.6 Å². The second-order valence-corrected chi connectivity index (χ2v) is 4.06. The first-order valence-electron chi connectivity index (χ1n) is 6.23. The minimum absolute atomic E-state index is 0.0210. The molecule has 0 saturated heterocycles. The lowest BCUT2D eigenvalue weighted by Crippen LogP contribution is -2.10. The lowest BCUT2D eigenvalue weighted by atomic mass is 10.1. The molecule has 20 heavy (non-hydrogen) atoms. The van der Waals surface area contributed by atoms with Crippen molar-refractivity contribution in [1.82, 2.24) is 0 Å². The molecule has 0 amide bonds. The van der Waals surface area contributed by atoms with Gasteiger partial charge in [-0.3, -0.25) is 10.1 Å². The Bertz CT molecular complexity index is 453. The van der Waals surface area contributed by atoms with Crippen molar-refractivity contribution in [2.75, 3.05) is 31.6 Å². The van der Waals surface area contributed by atoms with Crippen LogP contribution in [0, 0.1) is 10.1 Å². The highest BCUT2D eigenvalue weighted by Crippen LogP contribution is 2.35. The van der Waals surface area contributed by atoms with Gasteiger partial charge < -0.3 is 26.0 Å². The molecule has 1 rings (SSSR count). The van der Waals surface area contributed by atoms with Crippen LogP contribution in [0.25, 0.3) is 0 Å².